The van der Waals surface area contributed by atoms with E-state index in [1.807, 2.05) is 20.8 Å². The highest BCUT2D eigenvalue weighted by Gasteiger charge is 2.33. The predicted octanol–water partition coefficient (Wildman–Crippen LogP) is 2.25. The first kappa shape index (κ1) is 19.0. The molecule has 1 N–H and O–H groups in total. The third-order valence-electron chi connectivity index (χ3n) is 3.78. The van der Waals surface area contributed by atoms with Gasteiger partial charge in [-0.25, -0.2) is 9.59 Å². The molecule has 1 aliphatic rings. The van der Waals surface area contributed by atoms with E-state index in [4.69, 9.17) is 9.47 Å². The van der Waals surface area contributed by atoms with E-state index >= 15 is 0 Å². The van der Waals surface area contributed by atoms with Gasteiger partial charge >= 0.3 is 11.9 Å². The molecular weight excluding hydrogens is 322 g/mol. The topological polar surface area (TPSA) is 81.7 Å². The molecule has 0 saturated heterocycles. The molecule has 0 aromatic heterocycles. The maximum atomic E-state index is 12.0. The summed E-state index contributed by atoms with van der Waals surface area (Å²) in [4.78, 5) is 35.9. The number of carbonyl (C=O) groups is 3. The van der Waals surface area contributed by atoms with Crippen LogP contribution in [-0.2, 0) is 25.5 Å². The van der Waals surface area contributed by atoms with Crippen LogP contribution in [0.1, 0.15) is 49.5 Å². The van der Waals surface area contributed by atoms with E-state index in [9.17, 15) is 14.4 Å². The Hall–Kier alpha value is -2.37. The second kappa shape index (κ2) is 7.68. The van der Waals surface area contributed by atoms with Gasteiger partial charge in [-0.2, -0.15) is 0 Å². The van der Waals surface area contributed by atoms with Crippen molar-refractivity contribution in [3.05, 3.63) is 35.4 Å². The first-order valence-electron chi connectivity index (χ1n) is 8.40. The van der Waals surface area contributed by atoms with E-state index in [1.54, 1.807) is 24.3 Å². The van der Waals surface area contributed by atoms with Crippen molar-refractivity contribution in [3.63, 3.8) is 0 Å². The monoisotopic (exact) mass is 347 g/mol. The summed E-state index contributed by atoms with van der Waals surface area (Å²) in [5.41, 5.74) is 0.702. The Balaban J connectivity index is 2.02. The molecule has 25 heavy (non-hydrogen) atoms. The van der Waals surface area contributed by atoms with Crippen molar-refractivity contribution in [3.8, 4) is 0 Å². The normalized spacial score (nSPS) is 15.2. The van der Waals surface area contributed by atoms with Gasteiger partial charge in [-0.3, -0.25) is 4.79 Å². The Bertz CT molecular complexity index is 641. The van der Waals surface area contributed by atoms with Crippen LogP contribution in [0.25, 0.3) is 0 Å². The van der Waals surface area contributed by atoms with Gasteiger partial charge in [-0.05, 0) is 51.3 Å². The van der Waals surface area contributed by atoms with Gasteiger partial charge in [0.15, 0.2) is 0 Å². The smallest absolute Gasteiger partial charge is 0.338 e. The first-order valence-corrected chi connectivity index (χ1v) is 8.40. The van der Waals surface area contributed by atoms with Crippen molar-refractivity contribution in [2.45, 2.75) is 51.7 Å². The van der Waals surface area contributed by atoms with Gasteiger partial charge < -0.3 is 14.8 Å². The molecule has 1 saturated carbocycles. The van der Waals surface area contributed by atoms with Crippen LogP contribution in [-0.4, -0.2) is 36.6 Å². The summed E-state index contributed by atoms with van der Waals surface area (Å²) < 4.78 is 10.1. The molecule has 0 aliphatic heterocycles. The molecule has 136 valence electrons. The molecule has 0 bridgehead atoms. The molecule has 0 heterocycles. The van der Waals surface area contributed by atoms with Crippen LogP contribution in [0.3, 0.4) is 0 Å². The molecule has 6 heteroatoms. The van der Waals surface area contributed by atoms with Crippen LogP contribution in [0.4, 0.5) is 0 Å². The first-order chi connectivity index (χ1) is 11.7. The van der Waals surface area contributed by atoms with E-state index in [0.717, 1.165) is 18.4 Å². The fourth-order valence-corrected chi connectivity index (χ4v) is 2.32. The van der Waals surface area contributed by atoms with E-state index in [0.29, 0.717) is 12.0 Å². The molecule has 1 fully saturated rings. The van der Waals surface area contributed by atoms with E-state index in [1.165, 1.54) is 7.11 Å². The van der Waals surface area contributed by atoms with Crippen molar-refractivity contribution < 1.29 is 23.9 Å². The minimum Gasteiger partial charge on any atom is -0.467 e. The number of hydrogen-bond donors (Lipinski definition) is 1. The third-order valence-corrected chi connectivity index (χ3v) is 3.78. The molecule has 1 aliphatic carbocycles. The predicted molar refractivity (Wildman–Crippen MR) is 92.0 cm³/mol. The van der Waals surface area contributed by atoms with Gasteiger partial charge in [0, 0.05) is 12.3 Å². The zero-order valence-corrected chi connectivity index (χ0v) is 15.1. The van der Waals surface area contributed by atoms with Crippen molar-refractivity contribution >= 4 is 17.8 Å². The molecule has 0 spiro atoms. The third kappa shape index (κ3) is 5.89. The van der Waals surface area contributed by atoms with Crippen molar-refractivity contribution in [1.82, 2.24) is 5.32 Å². The second-order valence-corrected chi connectivity index (χ2v) is 7.26. The molecular formula is C19H25NO5. The fourth-order valence-electron chi connectivity index (χ4n) is 2.32. The van der Waals surface area contributed by atoms with Crippen LogP contribution in [0.15, 0.2) is 24.3 Å². The summed E-state index contributed by atoms with van der Waals surface area (Å²) in [6, 6.07) is 6.07. The van der Waals surface area contributed by atoms with Gasteiger partial charge in [0.2, 0.25) is 5.91 Å². The highest BCUT2D eigenvalue weighted by Crippen LogP contribution is 2.29. The van der Waals surface area contributed by atoms with Crippen LogP contribution in [0.5, 0.6) is 0 Å². The average molecular weight is 347 g/mol. The summed E-state index contributed by atoms with van der Waals surface area (Å²) in [6.07, 6.45) is 2.04. The molecule has 6 nitrogen and oxygen atoms in total. The maximum absolute atomic E-state index is 12.0. The van der Waals surface area contributed by atoms with Gasteiger partial charge in [0.05, 0.1) is 12.7 Å². The molecule has 0 unspecified atom stereocenters. The molecule has 2 rings (SSSR count). The zero-order valence-electron chi connectivity index (χ0n) is 15.1. The Morgan fingerprint density at radius 2 is 1.76 bits per heavy atom. The van der Waals surface area contributed by atoms with Gasteiger partial charge in [0.25, 0.3) is 0 Å². The van der Waals surface area contributed by atoms with Crippen molar-refractivity contribution in [1.29, 1.82) is 0 Å². The number of rotatable bonds is 6. The van der Waals surface area contributed by atoms with Crippen molar-refractivity contribution in [2.75, 3.05) is 7.11 Å². The van der Waals surface area contributed by atoms with E-state index < -0.39 is 23.6 Å². The number of esters is 2. The zero-order chi connectivity index (χ0) is 18.6. The summed E-state index contributed by atoms with van der Waals surface area (Å²) >= 11 is 0. The van der Waals surface area contributed by atoms with Crippen molar-refractivity contribution in [2.24, 2.45) is 5.92 Å². The number of ether oxygens (including phenoxy) is 2. The van der Waals surface area contributed by atoms with Crippen LogP contribution in [0, 0.1) is 5.92 Å². The highest BCUT2D eigenvalue weighted by atomic mass is 16.6. The van der Waals surface area contributed by atoms with Gasteiger partial charge in [-0.15, -0.1) is 0 Å². The minimum absolute atomic E-state index is 0.0155. The lowest BCUT2D eigenvalue weighted by Crippen LogP contribution is -2.43. The largest absolute Gasteiger partial charge is 0.467 e. The lowest BCUT2D eigenvalue weighted by molar-refractivity contribution is -0.145. The number of amides is 1. The quantitative estimate of drug-likeness (QED) is 0.798. The van der Waals surface area contributed by atoms with Gasteiger partial charge in [-0.1, -0.05) is 12.1 Å². The Morgan fingerprint density at radius 1 is 1.16 bits per heavy atom. The number of carbonyl (C=O) groups excluding carboxylic acids is 3. The lowest BCUT2D eigenvalue weighted by atomic mass is 10.0. The lowest BCUT2D eigenvalue weighted by Gasteiger charge is -2.19. The number of hydrogen-bond acceptors (Lipinski definition) is 5. The van der Waals surface area contributed by atoms with Gasteiger partial charge in [0.1, 0.15) is 11.6 Å². The molecule has 0 radical (unpaired) electrons. The van der Waals surface area contributed by atoms with Crippen LogP contribution in [0.2, 0.25) is 0 Å². The molecule has 1 amide bonds. The number of benzene rings is 1. The van der Waals surface area contributed by atoms with E-state index in [2.05, 4.69) is 5.32 Å². The highest BCUT2D eigenvalue weighted by molar-refractivity contribution is 5.90. The number of methoxy groups -OCH3 is 1. The molecule has 1 aromatic carbocycles. The summed E-state index contributed by atoms with van der Waals surface area (Å²) in [6.45, 7) is 5.42. The molecule has 1 atom stereocenters. The van der Waals surface area contributed by atoms with E-state index in [-0.39, 0.29) is 11.8 Å². The Kier molecular flexibility index (Phi) is 5.82. The standard InChI is InChI=1S/C19H25NO5/c1-19(2,3)25-17(22)14-7-5-12(6-8-14)11-15(18(23)24-4)20-16(21)13-9-10-13/h5-8,13,15H,9-11H2,1-4H3,(H,20,21)/t15-/m1/s1. The SMILES string of the molecule is COC(=O)[C@@H](Cc1ccc(C(=O)OC(C)(C)C)cc1)NC(=O)C1CC1. The number of nitrogens with one attached hydrogen (secondary N) is 1. The minimum atomic E-state index is -0.731. The Morgan fingerprint density at radius 3 is 2.24 bits per heavy atom. The Labute approximate surface area is 147 Å². The fraction of sp³-hybridized carbons (Fsp3) is 0.526. The second-order valence-electron chi connectivity index (χ2n) is 7.26. The summed E-state index contributed by atoms with van der Waals surface area (Å²) in [5.74, 6) is -0.974. The molecule has 1 aromatic rings. The summed E-state index contributed by atoms with van der Waals surface area (Å²) in [7, 11) is 1.30. The van der Waals surface area contributed by atoms with Crippen LogP contribution < -0.4 is 5.32 Å². The average Bonchev–Trinajstić information content (AvgIpc) is 3.37. The van der Waals surface area contributed by atoms with Crippen LogP contribution >= 0.6 is 0 Å². The summed E-state index contributed by atoms with van der Waals surface area (Å²) in [5, 5.41) is 2.74. The maximum Gasteiger partial charge on any atom is 0.338 e.